The molecule has 198 valence electrons. The van der Waals surface area contributed by atoms with Gasteiger partial charge in [-0.25, -0.2) is 9.78 Å². The summed E-state index contributed by atoms with van der Waals surface area (Å²) in [6.07, 6.45) is 4.66. The second-order valence-corrected chi connectivity index (χ2v) is 11.2. The Morgan fingerprint density at radius 1 is 1.11 bits per heavy atom. The van der Waals surface area contributed by atoms with Crippen molar-refractivity contribution in [3.63, 3.8) is 0 Å². The van der Waals surface area contributed by atoms with Crippen molar-refractivity contribution in [3.8, 4) is 5.75 Å². The number of anilines is 1. The highest BCUT2D eigenvalue weighted by molar-refractivity contribution is 5.94. The molecule has 4 rings (SSSR count). The Kier molecular flexibility index (Phi) is 7.43. The van der Waals surface area contributed by atoms with Crippen LogP contribution < -0.4 is 15.8 Å². The lowest BCUT2D eigenvalue weighted by Crippen LogP contribution is -2.48. The summed E-state index contributed by atoms with van der Waals surface area (Å²) in [7, 11) is 0. The highest BCUT2D eigenvalue weighted by Crippen LogP contribution is 2.33. The van der Waals surface area contributed by atoms with Gasteiger partial charge in [-0.3, -0.25) is 9.59 Å². The fourth-order valence-corrected chi connectivity index (χ4v) is 4.72. The molecule has 37 heavy (non-hydrogen) atoms. The molecular formula is C28H36N4O5. The number of hydrogen-bond acceptors (Lipinski definition) is 6. The lowest BCUT2D eigenvalue weighted by atomic mass is 9.79. The maximum absolute atomic E-state index is 13.1. The normalized spacial score (nSPS) is 18.9. The maximum atomic E-state index is 13.1. The van der Waals surface area contributed by atoms with Crippen LogP contribution in [-0.2, 0) is 22.4 Å². The predicted octanol–water partition coefficient (Wildman–Crippen LogP) is 4.09. The number of pyridine rings is 1. The number of likely N-dealkylation sites (tertiary alicyclic amines) is 1. The van der Waals surface area contributed by atoms with E-state index in [1.807, 2.05) is 39.8 Å². The molecule has 2 aromatic rings. The number of ether oxygens (including phenoxy) is 2. The van der Waals surface area contributed by atoms with Crippen LogP contribution in [0.1, 0.15) is 68.4 Å². The van der Waals surface area contributed by atoms with Gasteiger partial charge in [-0.15, -0.1) is 0 Å². The van der Waals surface area contributed by atoms with Crippen LogP contribution in [0.4, 0.5) is 10.6 Å². The number of piperidine rings is 1. The highest BCUT2D eigenvalue weighted by Gasteiger charge is 2.39. The number of amides is 3. The number of nitrogens with two attached hydrogens (primary N) is 1. The summed E-state index contributed by atoms with van der Waals surface area (Å²) in [6, 6.07) is 9.08. The van der Waals surface area contributed by atoms with Gasteiger partial charge in [0.05, 0.1) is 5.41 Å². The van der Waals surface area contributed by atoms with Gasteiger partial charge in [0.2, 0.25) is 11.8 Å². The van der Waals surface area contributed by atoms with Gasteiger partial charge >= 0.3 is 6.09 Å². The molecule has 3 amide bonds. The molecular weight excluding hydrogens is 472 g/mol. The van der Waals surface area contributed by atoms with Gasteiger partial charge in [0.15, 0.2) is 0 Å². The third-order valence-corrected chi connectivity index (χ3v) is 7.02. The molecule has 0 radical (unpaired) electrons. The third kappa shape index (κ3) is 6.58. The molecule has 1 unspecified atom stereocenters. The third-order valence-electron chi connectivity index (χ3n) is 7.02. The van der Waals surface area contributed by atoms with E-state index in [1.165, 1.54) is 0 Å². The topological polar surface area (TPSA) is 124 Å². The Balaban J connectivity index is 1.33. The lowest BCUT2D eigenvalue weighted by Gasteiger charge is -2.38. The highest BCUT2D eigenvalue weighted by atomic mass is 16.6. The SMILES string of the molecule is CC(C)(C)OC(=O)N1CCC(C)(C(=O)Nc2cc(OC3CCc4cc(C(N)=O)ccc4C3)ccn2)CC1. The van der Waals surface area contributed by atoms with E-state index >= 15 is 0 Å². The molecule has 1 atom stereocenters. The van der Waals surface area contributed by atoms with Crippen LogP contribution in [-0.4, -0.2) is 52.6 Å². The zero-order chi connectivity index (χ0) is 26.8. The van der Waals surface area contributed by atoms with E-state index in [9.17, 15) is 14.4 Å². The molecule has 0 bridgehead atoms. The minimum atomic E-state index is -0.617. The fraction of sp³-hybridized carbons (Fsp3) is 0.500. The molecule has 3 N–H and O–H groups in total. The number of aromatic nitrogens is 1. The first-order valence-corrected chi connectivity index (χ1v) is 12.8. The quantitative estimate of drug-likeness (QED) is 0.627. The Morgan fingerprint density at radius 2 is 1.84 bits per heavy atom. The summed E-state index contributed by atoms with van der Waals surface area (Å²) in [6.45, 7) is 8.35. The van der Waals surface area contributed by atoms with Crippen molar-refractivity contribution < 1.29 is 23.9 Å². The van der Waals surface area contributed by atoms with Gasteiger partial charge < -0.3 is 25.4 Å². The number of rotatable bonds is 5. The number of aryl methyl sites for hydroxylation is 1. The molecule has 1 saturated heterocycles. The molecule has 1 aliphatic carbocycles. The van der Waals surface area contributed by atoms with E-state index in [4.69, 9.17) is 15.2 Å². The van der Waals surface area contributed by atoms with Gasteiger partial charge in [0.25, 0.3) is 0 Å². The zero-order valence-corrected chi connectivity index (χ0v) is 22.0. The summed E-state index contributed by atoms with van der Waals surface area (Å²) in [5, 5.41) is 2.94. The number of carbonyl (C=O) groups excluding carboxylic acids is 3. The van der Waals surface area contributed by atoms with E-state index < -0.39 is 16.9 Å². The van der Waals surface area contributed by atoms with Crippen molar-refractivity contribution in [2.45, 2.75) is 71.5 Å². The number of benzene rings is 1. The minimum Gasteiger partial charge on any atom is -0.490 e. The molecule has 2 heterocycles. The number of fused-ring (bicyclic) bond motifs is 1. The predicted molar refractivity (Wildman–Crippen MR) is 139 cm³/mol. The maximum Gasteiger partial charge on any atom is 0.410 e. The Bertz CT molecular complexity index is 1180. The van der Waals surface area contributed by atoms with Crippen LogP contribution in [0.5, 0.6) is 5.75 Å². The number of nitrogens with zero attached hydrogens (tertiary/aromatic N) is 2. The molecule has 0 spiro atoms. The number of nitrogens with one attached hydrogen (secondary N) is 1. The minimum absolute atomic E-state index is 0.0208. The smallest absolute Gasteiger partial charge is 0.410 e. The largest absolute Gasteiger partial charge is 0.490 e. The molecule has 9 nitrogen and oxygen atoms in total. The van der Waals surface area contributed by atoms with Crippen molar-refractivity contribution in [2.75, 3.05) is 18.4 Å². The average molecular weight is 509 g/mol. The van der Waals surface area contributed by atoms with Crippen molar-refractivity contribution in [3.05, 3.63) is 53.2 Å². The van der Waals surface area contributed by atoms with Gasteiger partial charge in [-0.1, -0.05) is 13.0 Å². The second-order valence-electron chi connectivity index (χ2n) is 11.2. The van der Waals surface area contributed by atoms with E-state index in [-0.39, 0.29) is 18.1 Å². The first-order chi connectivity index (χ1) is 17.4. The van der Waals surface area contributed by atoms with Crippen molar-refractivity contribution in [1.29, 1.82) is 0 Å². The summed E-state index contributed by atoms with van der Waals surface area (Å²) >= 11 is 0. The Labute approximate surface area is 217 Å². The van der Waals surface area contributed by atoms with Crippen LogP contribution in [0.2, 0.25) is 0 Å². The molecule has 1 aromatic heterocycles. The second kappa shape index (κ2) is 10.4. The fourth-order valence-electron chi connectivity index (χ4n) is 4.72. The number of primary amides is 1. The van der Waals surface area contributed by atoms with E-state index in [1.54, 1.807) is 29.3 Å². The van der Waals surface area contributed by atoms with Crippen molar-refractivity contribution in [1.82, 2.24) is 9.88 Å². The Hall–Kier alpha value is -3.62. The summed E-state index contributed by atoms with van der Waals surface area (Å²) in [4.78, 5) is 42.9. The van der Waals surface area contributed by atoms with Gasteiger partial charge in [0.1, 0.15) is 23.3 Å². The van der Waals surface area contributed by atoms with Crippen LogP contribution in [0.3, 0.4) is 0 Å². The monoisotopic (exact) mass is 508 g/mol. The summed E-state index contributed by atoms with van der Waals surface area (Å²) in [5.74, 6) is 0.519. The first-order valence-electron chi connectivity index (χ1n) is 12.8. The zero-order valence-electron chi connectivity index (χ0n) is 22.0. The van der Waals surface area contributed by atoms with Gasteiger partial charge in [-0.2, -0.15) is 0 Å². The van der Waals surface area contributed by atoms with Crippen molar-refractivity contribution in [2.24, 2.45) is 11.1 Å². The van der Waals surface area contributed by atoms with Gasteiger partial charge in [0, 0.05) is 37.3 Å². The lowest BCUT2D eigenvalue weighted by molar-refractivity contribution is -0.127. The van der Waals surface area contributed by atoms with Crippen LogP contribution in [0.25, 0.3) is 0 Å². The molecule has 9 heteroatoms. The molecule has 0 saturated carbocycles. The molecule has 2 aliphatic rings. The van der Waals surface area contributed by atoms with E-state index in [0.717, 1.165) is 30.4 Å². The van der Waals surface area contributed by atoms with Crippen LogP contribution in [0, 0.1) is 5.41 Å². The number of hydrogen-bond donors (Lipinski definition) is 2. The summed E-state index contributed by atoms with van der Waals surface area (Å²) in [5.41, 5.74) is 7.03. The van der Waals surface area contributed by atoms with Gasteiger partial charge in [-0.05, 0) is 75.8 Å². The average Bonchev–Trinajstić information content (AvgIpc) is 2.83. The molecule has 1 fully saturated rings. The summed E-state index contributed by atoms with van der Waals surface area (Å²) < 4.78 is 11.7. The van der Waals surface area contributed by atoms with Crippen molar-refractivity contribution >= 4 is 23.7 Å². The standard InChI is InChI=1S/C28H36N4O5/c1-27(2,3)37-26(35)32-13-10-28(4,11-14-32)25(34)31-23-17-22(9-12-30-23)36-21-8-7-18-15-20(24(29)33)6-5-19(18)16-21/h5-6,9,12,15,17,21H,7-8,10-11,13-14,16H2,1-4H3,(H2,29,33)(H,30,31,34). The molecule has 1 aromatic carbocycles. The first kappa shape index (κ1) is 26.4. The van der Waals surface area contributed by atoms with E-state index in [2.05, 4.69) is 10.3 Å². The number of carbonyl (C=O) groups is 3. The molecule has 1 aliphatic heterocycles. The Morgan fingerprint density at radius 3 is 2.51 bits per heavy atom. The van der Waals surface area contributed by atoms with Crippen LogP contribution >= 0.6 is 0 Å². The van der Waals surface area contributed by atoms with E-state index in [0.29, 0.717) is 43.1 Å². The van der Waals surface area contributed by atoms with Crippen LogP contribution in [0.15, 0.2) is 36.5 Å².